The van der Waals surface area contributed by atoms with Gasteiger partial charge in [-0.05, 0) is 18.6 Å². The van der Waals surface area contributed by atoms with Crippen LogP contribution in [0.5, 0.6) is 0 Å². The van der Waals surface area contributed by atoms with E-state index in [-0.39, 0.29) is 5.88 Å². The van der Waals surface area contributed by atoms with Gasteiger partial charge in [0.1, 0.15) is 11.7 Å². The number of rotatable bonds is 5. The maximum Gasteiger partial charge on any atom is 0.247 e. The molecule has 0 amide bonds. The average Bonchev–Trinajstić information content (AvgIpc) is 3.10. The summed E-state index contributed by atoms with van der Waals surface area (Å²) in [6, 6.07) is 3.81. The van der Waals surface area contributed by atoms with Gasteiger partial charge in [-0.25, -0.2) is 4.98 Å². The fourth-order valence-corrected chi connectivity index (χ4v) is 2.53. The highest BCUT2D eigenvalue weighted by Gasteiger charge is 2.13. The third kappa shape index (κ3) is 2.76. The first-order valence-electron chi connectivity index (χ1n) is 6.78. The molecule has 7 heteroatoms. The maximum absolute atomic E-state index is 6.23. The highest BCUT2D eigenvalue weighted by molar-refractivity contribution is 6.32. The van der Waals surface area contributed by atoms with E-state index in [4.69, 9.17) is 27.6 Å². The number of aryl methyl sites for hydroxylation is 1. The van der Waals surface area contributed by atoms with Crippen molar-refractivity contribution in [2.45, 2.75) is 32.1 Å². The molecule has 0 aliphatic heterocycles. The zero-order valence-corrected chi connectivity index (χ0v) is 13.0. The van der Waals surface area contributed by atoms with Crippen molar-refractivity contribution in [2.75, 3.05) is 0 Å². The average molecular weight is 325 g/mol. The van der Waals surface area contributed by atoms with Crippen LogP contribution < -0.4 is 0 Å². The minimum atomic E-state index is 0.198. The number of aromatic nitrogens is 4. The van der Waals surface area contributed by atoms with Crippen LogP contribution in [0, 0.1) is 0 Å². The fourth-order valence-electron chi connectivity index (χ4n) is 2.18. The summed E-state index contributed by atoms with van der Waals surface area (Å²) in [5.41, 5.74) is 1.64. The number of alkyl halides is 1. The van der Waals surface area contributed by atoms with Crippen molar-refractivity contribution in [1.82, 2.24) is 19.6 Å². The zero-order valence-electron chi connectivity index (χ0n) is 11.5. The van der Waals surface area contributed by atoms with Gasteiger partial charge in [-0.2, -0.15) is 0 Å². The molecule has 3 rings (SSSR count). The molecular formula is C14H14Cl2N4O. The van der Waals surface area contributed by atoms with Gasteiger partial charge in [-0.15, -0.1) is 21.8 Å². The first-order chi connectivity index (χ1) is 10.2. The van der Waals surface area contributed by atoms with Gasteiger partial charge >= 0.3 is 0 Å². The van der Waals surface area contributed by atoms with E-state index in [2.05, 4.69) is 22.1 Å². The van der Waals surface area contributed by atoms with E-state index >= 15 is 0 Å². The van der Waals surface area contributed by atoms with Crippen molar-refractivity contribution >= 4 is 28.7 Å². The summed E-state index contributed by atoms with van der Waals surface area (Å²) in [6.45, 7) is 2.15. The molecule has 0 fully saturated rings. The summed E-state index contributed by atoms with van der Waals surface area (Å²) in [6.07, 6.45) is 5.04. The Labute approximate surface area is 131 Å². The molecule has 21 heavy (non-hydrogen) atoms. The Hall–Kier alpha value is -1.59. The van der Waals surface area contributed by atoms with Gasteiger partial charge in [0.25, 0.3) is 0 Å². The summed E-state index contributed by atoms with van der Waals surface area (Å²) in [7, 11) is 0. The summed E-state index contributed by atoms with van der Waals surface area (Å²) in [4.78, 5) is 4.42. The van der Waals surface area contributed by atoms with E-state index in [1.54, 1.807) is 0 Å². The molecule has 110 valence electrons. The predicted octanol–water partition coefficient (Wildman–Crippen LogP) is 4.12. The summed E-state index contributed by atoms with van der Waals surface area (Å²) < 4.78 is 7.45. The second-order valence-electron chi connectivity index (χ2n) is 4.73. The van der Waals surface area contributed by atoms with Crippen LogP contribution in [-0.2, 0) is 12.3 Å². The summed E-state index contributed by atoms with van der Waals surface area (Å²) >= 11 is 11.9. The van der Waals surface area contributed by atoms with Crippen LogP contribution in [-0.4, -0.2) is 19.6 Å². The third-order valence-corrected chi connectivity index (χ3v) is 3.76. The molecule has 3 aromatic rings. The van der Waals surface area contributed by atoms with Crippen LogP contribution >= 0.6 is 23.2 Å². The van der Waals surface area contributed by atoms with Gasteiger partial charge < -0.3 is 8.82 Å². The van der Waals surface area contributed by atoms with Crippen LogP contribution in [0.15, 0.2) is 22.7 Å². The fraction of sp³-hybridized carbons (Fsp3) is 0.357. The smallest absolute Gasteiger partial charge is 0.247 e. The first-order valence-corrected chi connectivity index (χ1v) is 7.69. The van der Waals surface area contributed by atoms with Crippen LogP contribution in [0.25, 0.3) is 17.0 Å². The minimum Gasteiger partial charge on any atom is -0.419 e. The monoisotopic (exact) mass is 324 g/mol. The Morgan fingerprint density at radius 1 is 1.33 bits per heavy atom. The Morgan fingerprint density at radius 2 is 2.19 bits per heavy atom. The Kier molecular flexibility index (Phi) is 4.12. The number of halogens is 2. The number of fused-ring (bicyclic) bond motifs is 1. The lowest BCUT2D eigenvalue weighted by Crippen LogP contribution is -1.94. The predicted molar refractivity (Wildman–Crippen MR) is 81.7 cm³/mol. The van der Waals surface area contributed by atoms with E-state index in [1.807, 2.05) is 22.7 Å². The Balaban J connectivity index is 2.02. The molecule has 0 aliphatic carbocycles. The highest BCUT2D eigenvalue weighted by atomic mass is 35.5. The molecule has 0 aromatic carbocycles. The standard InChI is InChI=1S/C14H14Cl2N4O/c1-2-3-4-11-17-13(16)10-7-9(5-6-20(10)11)14-19-18-12(8-15)21-14/h5-7H,2-4,8H2,1H3. The van der Waals surface area contributed by atoms with Gasteiger partial charge in [0.15, 0.2) is 5.15 Å². The van der Waals surface area contributed by atoms with Crippen molar-refractivity contribution in [3.8, 4) is 11.5 Å². The van der Waals surface area contributed by atoms with Gasteiger partial charge in [0.05, 0.1) is 5.52 Å². The van der Waals surface area contributed by atoms with E-state index in [9.17, 15) is 0 Å². The molecule has 0 atom stereocenters. The Bertz CT molecular complexity index is 766. The number of hydrogen-bond donors (Lipinski definition) is 0. The first kappa shape index (κ1) is 14.4. The number of pyridine rings is 1. The lowest BCUT2D eigenvalue weighted by atomic mass is 10.2. The zero-order chi connectivity index (χ0) is 14.8. The molecule has 0 bridgehead atoms. The van der Waals surface area contributed by atoms with Crippen LogP contribution in [0.3, 0.4) is 0 Å². The van der Waals surface area contributed by atoms with Crippen molar-refractivity contribution in [3.63, 3.8) is 0 Å². The van der Waals surface area contributed by atoms with E-state index < -0.39 is 0 Å². The quantitative estimate of drug-likeness (QED) is 0.662. The van der Waals surface area contributed by atoms with Crippen molar-refractivity contribution in [3.05, 3.63) is 35.2 Å². The number of nitrogens with zero attached hydrogens (tertiary/aromatic N) is 4. The largest absolute Gasteiger partial charge is 0.419 e. The van der Waals surface area contributed by atoms with Crippen molar-refractivity contribution in [2.24, 2.45) is 0 Å². The molecule has 5 nitrogen and oxygen atoms in total. The summed E-state index contributed by atoms with van der Waals surface area (Å²) in [5.74, 6) is 2.00. The molecule has 0 saturated carbocycles. The lowest BCUT2D eigenvalue weighted by Gasteiger charge is -2.01. The third-order valence-electron chi connectivity index (χ3n) is 3.25. The van der Waals surface area contributed by atoms with Gasteiger partial charge in [0, 0.05) is 18.2 Å². The van der Waals surface area contributed by atoms with Gasteiger partial charge in [-0.3, -0.25) is 0 Å². The van der Waals surface area contributed by atoms with Crippen LogP contribution in [0.1, 0.15) is 31.5 Å². The van der Waals surface area contributed by atoms with Gasteiger partial charge in [-0.1, -0.05) is 24.9 Å². The number of unbranched alkanes of at least 4 members (excludes halogenated alkanes) is 1. The number of hydrogen-bond acceptors (Lipinski definition) is 4. The molecule has 0 spiro atoms. The Morgan fingerprint density at radius 3 is 2.90 bits per heavy atom. The minimum absolute atomic E-state index is 0.198. The number of imidazole rings is 1. The maximum atomic E-state index is 6.23. The molecule has 3 aromatic heterocycles. The SMILES string of the molecule is CCCCc1nc(Cl)c2cc(-c3nnc(CCl)o3)ccn12. The topological polar surface area (TPSA) is 56.2 Å². The molecule has 0 N–H and O–H groups in total. The van der Waals surface area contributed by atoms with Crippen molar-refractivity contribution < 1.29 is 4.42 Å². The molecule has 0 saturated heterocycles. The van der Waals surface area contributed by atoms with E-state index in [0.29, 0.717) is 16.9 Å². The van der Waals surface area contributed by atoms with Crippen LogP contribution in [0.2, 0.25) is 5.15 Å². The normalized spacial score (nSPS) is 11.4. The van der Waals surface area contributed by atoms with Crippen LogP contribution in [0.4, 0.5) is 0 Å². The molecular weight excluding hydrogens is 311 g/mol. The van der Waals surface area contributed by atoms with E-state index in [0.717, 1.165) is 36.2 Å². The lowest BCUT2D eigenvalue weighted by molar-refractivity contribution is 0.527. The molecule has 0 aliphatic rings. The van der Waals surface area contributed by atoms with Crippen molar-refractivity contribution in [1.29, 1.82) is 0 Å². The second kappa shape index (κ2) is 6.03. The second-order valence-corrected chi connectivity index (χ2v) is 5.35. The summed E-state index contributed by atoms with van der Waals surface area (Å²) in [5, 5.41) is 8.32. The molecule has 0 unspecified atom stereocenters. The molecule has 3 heterocycles. The highest BCUT2D eigenvalue weighted by Crippen LogP contribution is 2.25. The van der Waals surface area contributed by atoms with Gasteiger partial charge in [0.2, 0.25) is 11.8 Å². The van der Waals surface area contributed by atoms with E-state index in [1.165, 1.54) is 0 Å². The molecule has 0 radical (unpaired) electrons.